The molecule has 0 aliphatic heterocycles. The minimum absolute atomic E-state index is 0.247. The number of hydrogen-bond donors (Lipinski definition) is 0. The van der Waals surface area contributed by atoms with E-state index >= 15 is 0 Å². The molecule has 0 spiro atoms. The summed E-state index contributed by atoms with van der Waals surface area (Å²) in [5, 5.41) is 11.6. The van der Waals surface area contributed by atoms with Gasteiger partial charge in [0.05, 0.1) is 6.21 Å². The molecule has 3 aromatic rings. The number of benzene rings is 2. The van der Waals surface area contributed by atoms with E-state index in [-0.39, 0.29) is 5.82 Å². The quantitative estimate of drug-likeness (QED) is 0.675. The van der Waals surface area contributed by atoms with E-state index in [2.05, 4.69) is 15.3 Å². The average Bonchev–Trinajstić information content (AvgIpc) is 3.07. The molecule has 0 fully saturated rings. The lowest BCUT2D eigenvalue weighted by Crippen LogP contribution is -2.00. The molecule has 0 atom stereocenters. The molecule has 24 heavy (non-hydrogen) atoms. The largest absolute Gasteiger partial charge is 0.488 e. The van der Waals surface area contributed by atoms with Gasteiger partial charge in [-0.05, 0) is 60.4 Å². The summed E-state index contributed by atoms with van der Waals surface area (Å²) in [6, 6.07) is 10.3. The number of aromatic nitrogens is 3. The van der Waals surface area contributed by atoms with Crippen LogP contribution >= 0.6 is 0 Å². The number of nitrogens with zero attached hydrogens (tertiary/aromatic N) is 4. The van der Waals surface area contributed by atoms with E-state index in [1.165, 1.54) is 29.5 Å². The Kier molecular flexibility index (Phi) is 4.65. The highest BCUT2D eigenvalue weighted by molar-refractivity contribution is 5.80. The molecule has 0 amide bonds. The molecule has 122 valence electrons. The number of rotatable bonds is 5. The Labute approximate surface area is 139 Å². The highest BCUT2D eigenvalue weighted by atomic mass is 19.1. The van der Waals surface area contributed by atoms with Crippen molar-refractivity contribution in [2.24, 2.45) is 5.10 Å². The summed E-state index contributed by atoms with van der Waals surface area (Å²) in [5.74, 6) is 0.587. The van der Waals surface area contributed by atoms with Crippen molar-refractivity contribution >= 4 is 6.21 Å². The fraction of sp³-hybridized carbons (Fsp3) is 0.167. The maximum atomic E-state index is 12.9. The molecule has 6 heteroatoms. The predicted octanol–water partition coefficient (Wildman–Crippen LogP) is 3.50. The van der Waals surface area contributed by atoms with Crippen molar-refractivity contribution in [1.82, 2.24) is 14.9 Å². The Morgan fingerprint density at radius 3 is 2.33 bits per heavy atom. The fourth-order valence-electron chi connectivity index (χ4n) is 2.41. The van der Waals surface area contributed by atoms with Gasteiger partial charge in [0.1, 0.15) is 30.8 Å². The normalized spacial score (nSPS) is 11.1. The van der Waals surface area contributed by atoms with E-state index in [4.69, 9.17) is 4.74 Å². The number of halogens is 1. The molecule has 0 saturated heterocycles. The van der Waals surface area contributed by atoms with Crippen LogP contribution < -0.4 is 4.74 Å². The van der Waals surface area contributed by atoms with Crippen LogP contribution in [-0.4, -0.2) is 21.1 Å². The topological polar surface area (TPSA) is 52.3 Å². The molecule has 0 bridgehead atoms. The average molecular weight is 324 g/mol. The number of hydrogen-bond acceptors (Lipinski definition) is 4. The first-order valence-corrected chi connectivity index (χ1v) is 7.49. The van der Waals surface area contributed by atoms with Gasteiger partial charge in [0.2, 0.25) is 0 Å². The number of aryl methyl sites for hydroxylation is 2. The molecule has 0 aliphatic rings. The summed E-state index contributed by atoms with van der Waals surface area (Å²) in [5.41, 5.74) is 3.92. The first-order valence-electron chi connectivity index (χ1n) is 7.49. The van der Waals surface area contributed by atoms with Crippen LogP contribution in [0.5, 0.6) is 5.75 Å². The van der Waals surface area contributed by atoms with E-state index in [0.717, 1.165) is 28.0 Å². The first-order chi connectivity index (χ1) is 11.6. The zero-order valence-electron chi connectivity index (χ0n) is 13.5. The molecule has 1 heterocycles. The lowest BCUT2D eigenvalue weighted by Gasteiger charge is -2.13. The van der Waals surface area contributed by atoms with Crippen LogP contribution in [0.4, 0.5) is 4.39 Å². The van der Waals surface area contributed by atoms with Crippen molar-refractivity contribution in [3.05, 3.63) is 77.1 Å². The van der Waals surface area contributed by atoms with Gasteiger partial charge in [-0.3, -0.25) is 0 Å². The SMILES string of the molecule is Cc1cc(/C=N\n2cnnc2)cc(C)c1OCc1ccc(F)cc1. The van der Waals surface area contributed by atoms with Crippen molar-refractivity contribution in [2.75, 3.05) is 0 Å². The summed E-state index contributed by atoms with van der Waals surface area (Å²) in [4.78, 5) is 0. The van der Waals surface area contributed by atoms with Gasteiger partial charge in [-0.2, -0.15) is 5.10 Å². The van der Waals surface area contributed by atoms with Crippen LogP contribution in [0.25, 0.3) is 0 Å². The predicted molar refractivity (Wildman–Crippen MR) is 89.7 cm³/mol. The fourth-order valence-corrected chi connectivity index (χ4v) is 2.41. The summed E-state index contributed by atoms with van der Waals surface area (Å²) in [7, 11) is 0. The molecule has 0 unspecified atom stereocenters. The van der Waals surface area contributed by atoms with Crippen LogP contribution in [0.2, 0.25) is 0 Å². The van der Waals surface area contributed by atoms with Gasteiger partial charge in [0, 0.05) is 0 Å². The third-order valence-corrected chi connectivity index (χ3v) is 3.53. The second kappa shape index (κ2) is 7.04. The van der Waals surface area contributed by atoms with E-state index in [1.54, 1.807) is 18.3 Å². The monoisotopic (exact) mass is 324 g/mol. The molecule has 2 aromatic carbocycles. The van der Waals surface area contributed by atoms with Gasteiger partial charge in [-0.25, -0.2) is 9.07 Å². The van der Waals surface area contributed by atoms with Gasteiger partial charge >= 0.3 is 0 Å². The minimum Gasteiger partial charge on any atom is -0.488 e. The molecule has 0 saturated carbocycles. The Hall–Kier alpha value is -3.02. The summed E-state index contributed by atoms with van der Waals surface area (Å²) >= 11 is 0. The van der Waals surface area contributed by atoms with E-state index in [1.807, 2.05) is 26.0 Å². The Morgan fingerprint density at radius 2 is 1.71 bits per heavy atom. The summed E-state index contributed by atoms with van der Waals surface area (Å²) < 4.78 is 20.4. The van der Waals surface area contributed by atoms with Crippen LogP contribution in [-0.2, 0) is 6.61 Å². The molecular formula is C18H17FN4O. The minimum atomic E-state index is -0.247. The molecule has 0 aliphatic carbocycles. The van der Waals surface area contributed by atoms with Crippen LogP contribution in [0.1, 0.15) is 22.3 Å². The van der Waals surface area contributed by atoms with E-state index in [0.29, 0.717) is 6.61 Å². The molecular weight excluding hydrogens is 307 g/mol. The van der Waals surface area contributed by atoms with Crippen molar-refractivity contribution < 1.29 is 9.13 Å². The van der Waals surface area contributed by atoms with Crippen LogP contribution in [0.15, 0.2) is 54.2 Å². The molecule has 5 nitrogen and oxygen atoms in total. The van der Waals surface area contributed by atoms with Gasteiger partial charge in [0.25, 0.3) is 0 Å². The molecule has 3 rings (SSSR count). The third-order valence-electron chi connectivity index (χ3n) is 3.53. The van der Waals surface area contributed by atoms with Gasteiger partial charge in [0.15, 0.2) is 0 Å². The second-order valence-electron chi connectivity index (χ2n) is 5.49. The smallest absolute Gasteiger partial charge is 0.141 e. The van der Waals surface area contributed by atoms with Crippen LogP contribution in [0.3, 0.4) is 0 Å². The lowest BCUT2D eigenvalue weighted by molar-refractivity contribution is 0.302. The van der Waals surface area contributed by atoms with Crippen LogP contribution in [0, 0.1) is 19.7 Å². The van der Waals surface area contributed by atoms with Gasteiger partial charge < -0.3 is 4.74 Å². The Balaban J connectivity index is 1.73. The highest BCUT2D eigenvalue weighted by Crippen LogP contribution is 2.25. The Morgan fingerprint density at radius 1 is 1.08 bits per heavy atom. The second-order valence-corrected chi connectivity index (χ2v) is 5.49. The van der Waals surface area contributed by atoms with Gasteiger partial charge in [-0.1, -0.05) is 12.1 Å². The van der Waals surface area contributed by atoms with Crippen molar-refractivity contribution in [3.63, 3.8) is 0 Å². The lowest BCUT2D eigenvalue weighted by atomic mass is 10.1. The maximum Gasteiger partial charge on any atom is 0.141 e. The summed E-state index contributed by atoms with van der Waals surface area (Å²) in [6.07, 6.45) is 4.79. The van der Waals surface area contributed by atoms with Crippen molar-refractivity contribution in [3.8, 4) is 5.75 Å². The Bertz CT molecular complexity index is 819. The summed E-state index contributed by atoms with van der Waals surface area (Å²) in [6.45, 7) is 4.38. The molecule has 0 radical (unpaired) electrons. The molecule has 0 N–H and O–H groups in total. The maximum absolute atomic E-state index is 12.9. The van der Waals surface area contributed by atoms with Crippen molar-refractivity contribution in [2.45, 2.75) is 20.5 Å². The standard InChI is InChI=1S/C18H17FN4O/c1-13-7-16(9-22-23-11-20-21-12-23)8-14(2)18(13)24-10-15-3-5-17(19)6-4-15/h3-9,11-12H,10H2,1-2H3/b22-9-. The van der Waals surface area contributed by atoms with Crippen molar-refractivity contribution in [1.29, 1.82) is 0 Å². The molecule has 1 aromatic heterocycles. The number of ether oxygens (including phenoxy) is 1. The van der Waals surface area contributed by atoms with E-state index < -0.39 is 0 Å². The highest BCUT2D eigenvalue weighted by Gasteiger charge is 2.06. The zero-order chi connectivity index (χ0) is 16.9. The third kappa shape index (κ3) is 3.84. The van der Waals surface area contributed by atoms with Gasteiger partial charge in [-0.15, -0.1) is 10.2 Å². The zero-order valence-corrected chi connectivity index (χ0v) is 13.5. The van der Waals surface area contributed by atoms with E-state index in [9.17, 15) is 4.39 Å². The first kappa shape index (κ1) is 15.9.